The Morgan fingerprint density at radius 2 is 2.11 bits per heavy atom. The van der Waals surface area contributed by atoms with Crippen LogP contribution in [0, 0.1) is 0 Å². The molecule has 1 aromatic carbocycles. The van der Waals surface area contributed by atoms with Crippen molar-refractivity contribution in [2.45, 2.75) is 0 Å². The number of carboxylic acids is 1. The van der Waals surface area contributed by atoms with Crippen LogP contribution < -0.4 is 5.69 Å². The molecule has 0 unspecified atom stereocenters. The van der Waals surface area contributed by atoms with Crippen molar-refractivity contribution < 1.29 is 9.90 Å². The summed E-state index contributed by atoms with van der Waals surface area (Å²) in [5.41, 5.74) is 0.836. The molecule has 0 bridgehead atoms. The molecule has 0 fully saturated rings. The van der Waals surface area contributed by atoms with Gasteiger partial charge in [0.1, 0.15) is 5.82 Å². The summed E-state index contributed by atoms with van der Waals surface area (Å²) in [4.78, 5) is 29.6. The number of imidazole rings is 1. The van der Waals surface area contributed by atoms with Gasteiger partial charge in [-0.25, -0.2) is 19.1 Å². The number of pyridine rings is 1. The minimum atomic E-state index is -1.03. The summed E-state index contributed by atoms with van der Waals surface area (Å²) in [6.07, 6.45) is 1.59. The minimum Gasteiger partial charge on any atom is -0.478 e. The lowest BCUT2D eigenvalue weighted by molar-refractivity contribution is 0.0697. The molecule has 3 aromatic rings. The van der Waals surface area contributed by atoms with Gasteiger partial charge in [0, 0.05) is 6.20 Å². The van der Waals surface area contributed by atoms with E-state index in [4.69, 9.17) is 5.11 Å². The van der Waals surface area contributed by atoms with Crippen LogP contribution in [0.2, 0.25) is 0 Å². The topological polar surface area (TPSA) is 88.0 Å². The Balaban J connectivity index is 2.30. The second-order valence-corrected chi connectivity index (χ2v) is 3.99. The summed E-state index contributed by atoms with van der Waals surface area (Å²) in [6, 6.07) is 9.71. The highest BCUT2D eigenvalue weighted by atomic mass is 16.4. The van der Waals surface area contributed by atoms with Crippen LogP contribution in [0.4, 0.5) is 0 Å². The largest absolute Gasteiger partial charge is 0.478 e. The molecule has 6 heteroatoms. The Morgan fingerprint density at radius 3 is 2.79 bits per heavy atom. The number of nitrogens with zero attached hydrogens (tertiary/aromatic N) is 2. The van der Waals surface area contributed by atoms with Crippen LogP contribution in [0.5, 0.6) is 0 Å². The van der Waals surface area contributed by atoms with E-state index in [1.54, 1.807) is 30.5 Å². The van der Waals surface area contributed by atoms with Crippen LogP contribution in [0.3, 0.4) is 0 Å². The fourth-order valence-electron chi connectivity index (χ4n) is 1.96. The number of carboxylic acid groups (broad SMARTS) is 1. The highest BCUT2D eigenvalue weighted by molar-refractivity contribution is 5.92. The number of H-pyrrole nitrogens is 1. The van der Waals surface area contributed by atoms with Crippen molar-refractivity contribution in [2.75, 3.05) is 0 Å². The van der Waals surface area contributed by atoms with E-state index in [0.29, 0.717) is 16.9 Å². The van der Waals surface area contributed by atoms with E-state index in [-0.39, 0.29) is 11.3 Å². The summed E-state index contributed by atoms with van der Waals surface area (Å²) in [5.74, 6) is -0.546. The van der Waals surface area contributed by atoms with Gasteiger partial charge in [0.15, 0.2) is 0 Å². The van der Waals surface area contributed by atoms with E-state index in [2.05, 4.69) is 9.97 Å². The molecule has 6 nitrogen and oxygen atoms in total. The maximum atomic E-state index is 11.9. The Morgan fingerprint density at radius 1 is 1.26 bits per heavy atom. The van der Waals surface area contributed by atoms with E-state index < -0.39 is 5.97 Å². The molecule has 0 amide bonds. The second-order valence-electron chi connectivity index (χ2n) is 3.99. The Labute approximate surface area is 107 Å². The van der Waals surface area contributed by atoms with Crippen molar-refractivity contribution in [3.8, 4) is 5.82 Å². The first-order valence-corrected chi connectivity index (χ1v) is 5.56. The van der Waals surface area contributed by atoms with E-state index in [1.807, 2.05) is 0 Å². The highest BCUT2D eigenvalue weighted by Crippen LogP contribution is 2.15. The number of aromatic amines is 1. The Bertz CT molecular complexity index is 818. The lowest BCUT2D eigenvalue weighted by Crippen LogP contribution is -2.15. The molecule has 19 heavy (non-hydrogen) atoms. The fourth-order valence-corrected chi connectivity index (χ4v) is 1.96. The number of hydrogen-bond acceptors (Lipinski definition) is 3. The summed E-state index contributed by atoms with van der Waals surface area (Å²) in [5, 5.41) is 8.93. The molecule has 0 aliphatic heterocycles. The molecule has 0 spiro atoms. The van der Waals surface area contributed by atoms with Gasteiger partial charge in [-0.3, -0.25) is 0 Å². The van der Waals surface area contributed by atoms with E-state index >= 15 is 0 Å². The predicted molar refractivity (Wildman–Crippen MR) is 68.7 cm³/mol. The minimum absolute atomic E-state index is 0.127. The predicted octanol–water partition coefficient (Wildman–Crippen LogP) is 1.41. The van der Waals surface area contributed by atoms with Gasteiger partial charge in [0.05, 0.1) is 16.6 Å². The van der Waals surface area contributed by atoms with Gasteiger partial charge < -0.3 is 10.1 Å². The number of hydrogen-bond donors (Lipinski definition) is 2. The number of nitrogens with one attached hydrogen (secondary N) is 1. The number of aromatic carboxylic acids is 1. The molecule has 2 aromatic heterocycles. The zero-order valence-corrected chi connectivity index (χ0v) is 9.70. The third-order valence-corrected chi connectivity index (χ3v) is 2.81. The van der Waals surface area contributed by atoms with Gasteiger partial charge in [-0.2, -0.15) is 0 Å². The van der Waals surface area contributed by atoms with Crippen LogP contribution in [-0.4, -0.2) is 25.6 Å². The number of aromatic nitrogens is 3. The molecule has 0 atom stereocenters. The first-order chi connectivity index (χ1) is 9.16. The summed E-state index contributed by atoms with van der Waals surface area (Å²) in [6.45, 7) is 0. The van der Waals surface area contributed by atoms with Crippen LogP contribution in [0.15, 0.2) is 47.4 Å². The van der Waals surface area contributed by atoms with Gasteiger partial charge in [-0.1, -0.05) is 6.07 Å². The Kier molecular flexibility index (Phi) is 2.42. The van der Waals surface area contributed by atoms with Gasteiger partial charge >= 0.3 is 11.7 Å². The Hall–Kier alpha value is -2.89. The lowest BCUT2D eigenvalue weighted by atomic mass is 10.2. The summed E-state index contributed by atoms with van der Waals surface area (Å²) >= 11 is 0. The van der Waals surface area contributed by atoms with E-state index in [9.17, 15) is 9.59 Å². The smallest absolute Gasteiger partial charge is 0.335 e. The van der Waals surface area contributed by atoms with Crippen molar-refractivity contribution in [3.63, 3.8) is 0 Å². The molecule has 0 saturated carbocycles. The van der Waals surface area contributed by atoms with Crippen molar-refractivity contribution in [1.82, 2.24) is 14.5 Å². The fraction of sp³-hybridized carbons (Fsp3) is 0. The van der Waals surface area contributed by atoms with Gasteiger partial charge in [0.25, 0.3) is 0 Å². The number of carbonyl (C=O) groups is 1. The molecular weight excluding hydrogens is 246 g/mol. The average molecular weight is 255 g/mol. The summed E-state index contributed by atoms with van der Waals surface area (Å²) in [7, 11) is 0. The maximum Gasteiger partial charge on any atom is 0.335 e. The normalized spacial score (nSPS) is 10.7. The number of fused-ring (bicyclic) bond motifs is 1. The third-order valence-electron chi connectivity index (χ3n) is 2.81. The molecule has 0 saturated heterocycles. The first kappa shape index (κ1) is 11.2. The van der Waals surface area contributed by atoms with Crippen molar-refractivity contribution in [1.29, 1.82) is 0 Å². The van der Waals surface area contributed by atoms with Gasteiger partial charge in [-0.15, -0.1) is 0 Å². The standard InChI is InChI=1S/C13H9N3O3/c17-12(18)8-4-5-10-9(7-8)15-13(19)16(10)11-3-1-2-6-14-11/h1-7H,(H,15,19)(H,17,18). The molecule has 0 aliphatic carbocycles. The maximum absolute atomic E-state index is 11.9. The molecule has 0 radical (unpaired) electrons. The highest BCUT2D eigenvalue weighted by Gasteiger charge is 2.11. The SMILES string of the molecule is O=C(O)c1ccc2c(c1)[nH]c(=O)n2-c1ccccn1. The average Bonchev–Trinajstić information content (AvgIpc) is 2.74. The molecule has 3 rings (SSSR count). The van der Waals surface area contributed by atoms with Crippen LogP contribution >= 0.6 is 0 Å². The van der Waals surface area contributed by atoms with Crippen LogP contribution in [0.25, 0.3) is 16.9 Å². The second kappa shape index (κ2) is 4.09. The third kappa shape index (κ3) is 1.79. The monoisotopic (exact) mass is 255 g/mol. The van der Waals surface area contributed by atoms with Crippen molar-refractivity contribution >= 4 is 17.0 Å². The van der Waals surface area contributed by atoms with Crippen LogP contribution in [0.1, 0.15) is 10.4 Å². The zero-order valence-electron chi connectivity index (χ0n) is 9.70. The number of benzene rings is 1. The molecule has 0 aliphatic rings. The van der Waals surface area contributed by atoms with E-state index in [1.165, 1.54) is 16.7 Å². The van der Waals surface area contributed by atoms with Gasteiger partial charge in [-0.05, 0) is 30.3 Å². The van der Waals surface area contributed by atoms with E-state index in [0.717, 1.165) is 0 Å². The quantitative estimate of drug-likeness (QED) is 0.724. The lowest BCUT2D eigenvalue weighted by Gasteiger charge is -2.01. The first-order valence-electron chi connectivity index (χ1n) is 5.56. The summed E-state index contributed by atoms with van der Waals surface area (Å²) < 4.78 is 1.40. The van der Waals surface area contributed by atoms with Crippen molar-refractivity contribution in [2.24, 2.45) is 0 Å². The van der Waals surface area contributed by atoms with Crippen LogP contribution in [-0.2, 0) is 0 Å². The molecular formula is C13H9N3O3. The van der Waals surface area contributed by atoms with Gasteiger partial charge in [0.2, 0.25) is 0 Å². The molecule has 2 heterocycles. The molecule has 2 N–H and O–H groups in total. The van der Waals surface area contributed by atoms with Crippen molar-refractivity contribution in [3.05, 3.63) is 58.6 Å². The zero-order chi connectivity index (χ0) is 13.4. The molecule has 94 valence electrons. The number of rotatable bonds is 2.